The van der Waals surface area contributed by atoms with Crippen LogP contribution in [-0.2, 0) is 4.79 Å². The van der Waals surface area contributed by atoms with Gasteiger partial charge in [0.15, 0.2) is 0 Å². The van der Waals surface area contributed by atoms with Gasteiger partial charge in [-0.2, -0.15) is 0 Å². The fraction of sp³-hybridized carbons (Fsp3) is 0.800. The molecule has 0 aromatic rings. The zero-order valence-corrected chi connectivity index (χ0v) is 5.91. The summed E-state index contributed by atoms with van der Waals surface area (Å²) in [5, 5.41) is 2.70. The molecule has 1 atom stereocenters. The number of amides is 1. The van der Waals surface area contributed by atoms with Crippen LogP contribution in [0.5, 0.6) is 0 Å². The molecule has 0 aromatic heterocycles. The summed E-state index contributed by atoms with van der Waals surface area (Å²) in [6, 6.07) is 0. The Kier molecular flexibility index (Phi) is 3.58. The third-order valence-corrected chi connectivity index (χ3v) is 1.40. The fourth-order valence-electron chi connectivity index (χ4n) is 0.831. The van der Waals surface area contributed by atoms with Crippen LogP contribution in [0.15, 0.2) is 0 Å². The number of halogens is 1. The highest BCUT2D eigenvalue weighted by Crippen LogP contribution is 2.04. The minimum atomic E-state index is 0. The molecule has 0 bridgehead atoms. The molecular weight excluding hydrogens is 140 g/mol. The molecule has 3 nitrogen and oxygen atoms in total. The van der Waals surface area contributed by atoms with E-state index in [4.69, 9.17) is 5.73 Å². The highest BCUT2D eigenvalue weighted by atomic mass is 35.5. The molecule has 1 rings (SSSR count). The van der Waals surface area contributed by atoms with E-state index in [1.54, 1.807) is 0 Å². The molecule has 4 heteroatoms. The van der Waals surface area contributed by atoms with Crippen molar-refractivity contribution in [1.29, 1.82) is 0 Å². The Balaban J connectivity index is 0.000000640. The molecule has 0 saturated carbocycles. The first-order valence-electron chi connectivity index (χ1n) is 2.79. The normalized spacial score (nSPS) is 25.0. The molecule has 0 spiro atoms. The van der Waals surface area contributed by atoms with Gasteiger partial charge in [-0.05, 0) is 12.5 Å². The predicted molar refractivity (Wildman–Crippen MR) is 37.4 cm³/mol. The fourth-order valence-corrected chi connectivity index (χ4v) is 0.831. The Labute approximate surface area is 60.4 Å². The van der Waals surface area contributed by atoms with Crippen molar-refractivity contribution >= 4 is 18.3 Å². The van der Waals surface area contributed by atoms with Gasteiger partial charge in [-0.25, -0.2) is 0 Å². The van der Waals surface area contributed by atoms with Crippen LogP contribution in [0.2, 0.25) is 0 Å². The van der Waals surface area contributed by atoms with Gasteiger partial charge in [0.2, 0.25) is 5.91 Å². The van der Waals surface area contributed by atoms with Gasteiger partial charge >= 0.3 is 0 Å². The Hall–Kier alpha value is -0.280. The lowest BCUT2D eigenvalue weighted by Gasteiger charge is -1.97. The van der Waals surface area contributed by atoms with Crippen molar-refractivity contribution < 1.29 is 4.79 Å². The summed E-state index contributed by atoms with van der Waals surface area (Å²) in [6.45, 7) is 1.40. The van der Waals surface area contributed by atoms with Gasteiger partial charge in [-0.3, -0.25) is 4.79 Å². The van der Waals surface area contributed by atoms with E-state index in [2.05, 4.69) is 5.32 Å². The lowest BCUT2D eigenvalue weighted by Crippen LogP contribution is -2.17. The molecule has 9 heavy (non-hydrogen) atoms. The van der Waals surface area contributed by atoms with Crippen LogP contribution < -0.4 is 11.1 Å². The number of carbonyl (C=O) groups excluding carboxylic acids is 1. The van der Waals surface area contributed by atoms with E-state index in [0.717, 1.165) is 6.54 Å². The van der Waals surface area contributed by atoms with Gasteiger partial charge in [-0.1, -0.05) is 0 Å². The van der Waals surface area contributed by atoms with Crippen LogP contribution in [0.4, 0.5) is 0 Å². The standard InChI is InChI=1S/C5H10N2O.ClH/c6-2-4-1-5(8)7-3-4;/h4H,1-3,6H2,(H,7,8);1H/t4-;/m0./s1. The van der Waals surface area contributed by atoms with E-state index in [1.807, 2.05) is 0 Å². The highest BCUT2D eigenvalue weighted by Gasteiger charge is 2.18. The van der Waals surface area contributed by atoms with Crippen molar-refractivity contribution in [3.63, 3.8) is 0 Å². The van der Waals surface area contributed by atoms with E-state index < -0.39 is 0 Å². The number of nitrogens with two attached hydrogens (primary N) is 1. The lowest BCUT2D eigenvalue weighted by atomic mass is 10.1. The second-order valence-electron chi connectivity index (χ2n) is 2.11. The zero-order valence-electron chi connectivity index (χ0n) is 5.09. The summed E-state index contributed by atoms with van der Waals surface area (Å²) in [5.74, 6) is 0.531. The largest absolute Gasteiger partial charge is 0.356 e. The first kappa shape index (κ1) is 8.72. The Morgan fingerprint density at radius 3 is 2.67 bits per heavy atom. The van der Waals surface area contributed by atoms with Crippen LogP contribution in [0.3, 0.4) is 0 Å². The maximum Gasteiger partial charge on any atom is 0.220 e. The van der Waals surface area contributed by atoms with E-state index >= 15 is 0 Å². The molecule has 0 aliphatic carbocycles. The molecule has 54 valence electrons. The minimum absolute atomic E-state index is 0. The van der Waals surface area contributed by atoms with Crippen molar-refractivity contribution in [2.75, 3.05) is 13.1 Å². The van der Waals surface area contributed by atoms with Crippen LogP contribution in [0.25, 0.3) is 0 Å². The molecular formula is C5H11ClN2O. The first-order valence-corrected chi connectivity index (χ1v) is 2.79. The van der Waals surface area contributed by atoms with Gasteiger partial charge in [0.25, 0.3) is 0 Å². The summed E-state index contributed by atoms with van der Waals surface area (Å²) in [6.07, 6.45) is 0.622. The summed E-state index contributed by atoms with van der Waals surface area (Å²) in [7, 11) is 0. The van der Waals surface area contributed by atoms with Gasteiger partial charge < -0.3 is 11.1 Å². The van der Waals surface area contributed by atoms with Gasteiger partial charge in [-0.15, -0.1) is 12.4 Å². The van der Waals surface area contributed by atoms with Crippen molar-refractivity contribution in [3.05, 3.63) is 0 Å². The Bertz CT molecular complexity index is 107. The van der Waals surface area contributed by atoms with Crippen LogP contribution in [-0.4, -0.2) is 19.0 Å². The summed E-state index contributed by atoms with van der Waals surface area (Å²) >= 11 is 0. The molecule has 1 amide bonds. The molecule has 1 aliphatic rings. The number of hydrogen-bond acceptors (Lipinski definition) is 2. The van der Waals surface area contributed by atoms with Crippen molar-refractivity contribution in [2.45, 2.75) is 6.42 Å². The molecule has 1 fully saturated rings. The quantitative estimate of drug-likeness (QED) is 0.530. The van der Waals surface area contributed by atoms with Gasteiger partial charge in [0, 0.05) is 13.0 Å². The molecule has 1 saturated heterocycles. The zero-order chi connectivity index (χ0) is 5.98. The van der Waals surface area contributed by atoms with Crippen molar-refractivity contribution in [3.8, 4) is 0 Å². The Morgan fingerprint density at radius 2 is 2.44 bits per heavy atom. The van der Waals surface area contributed by atoms with E-state index in [0.29, 0.717) is 18.9 Å². The average Bonchev–Trinajstić information content (AvgIpc) is 2.14. The smallest absolute Gasteiger partial charge is 0.220 e. The maximum atomic E-state index is 10.4. The highest BCUT2D eigenvalue weighted by molar-refractivity contribution is 5.85. The lowest BCUT2D eigenvalue weighted by molar-refractivity contribution is -0.119. The van der Waals surface area contributed by atoms with Crippen molar-refractivity contribution in [1.82, 2.24) is 5.32 Å². The number of hydrogen-bond donors (Lipinski definition) is 2. The third-order valence-electron chi connectivity index (χ3n) is 1.40. The first-order chi connectivity index (χ1) is 3.83. The topological polar surface area (TPSA) is 55.1 Å². The minimum Gasteiger partial charge on any atom is -0.356 e. The van der Waals surface area contributed by atoms with Crippen LogP contribution in [0, 0.1) is 5.92 Å². The molecule has 0 radical (unpaired) electrons. The monoisotopic (exact) mass is 150 g/mol. The summed E-state index contributed by atoms with van der Waals surface area (Å²) in [5.41, 5.74) is 5.30. The molecule has 3 N–H and O–H groups in total. The van der Waals surface area contributed by atoms with E-state index in [1.165, 1.54) is 0 Å². The van der Waals surface area contributed by atoms with Gasteiger partial charge in [0.1, 0.15) is 0 Å². The summed E-state index contributed by atoms with van der Waals surface area (Å²) < 4.78 is 0. The predicted octanol–water partition coefficient (Wildman–Crippen LogP) is -0.497. The third kappa shape index (κ3) is 2.20. The van der Waals surface area contributed by atoms with Crippen LogP contribution in [0.1, 0.15) is 6.42 Å². The van der Waals surface area contributed by atoms with Gasteiger partial charge in [0.05, 0.1) is 0 Å². The maximum absolute atomic E-state index is 10.4. The van der Waals surface area contributed by atoms with E-state index in [-0.39, 0.29) is 18.3 Å². The van der Waals surface area contributed by atoms with Crippen LogP contribution >= 0.6 is 12.4 Å². The SMILES string of the molecule is Cl.NC[C@H]1CNC(=O)C1. The average molecular weight is 151 g/mol. The second-order valence-corrected chi connectivity index (χ2v) is 2.11. The van der Waals surface area contributed by atoms with Crippen molar-refractivity contribution in [2.24, 2.45) is 11.7 Å². The molecule has 0 unspecified atom stereocenters. The second kappa shape index (κ2) is 3.69. The molecule has 1 heterocycles. The molecule has 1 aliphatic heterocycles. The molecule has 0 aromatic carbocycles. The van der Waals surface area contributed by atoms with E-state index in [9.17, 15) is 4.79 Å². The summed E-state index contributed by atoms with van der Waals surface area (Å²) in [4.78, 5) is 10.4. The Morgan fingerprint density at radius 1 is 1.78 bits per heavy atom. The number of nitrogens with one attached hydrogen (secondary N) is 1. The number of carbonyl (C=O) groups is 1. The number of rotatable bonds is 1.